The Bertz CT molecular complexity index is 522. The summed E-state index contributed by atoms with van der Waals surface area (Å²) in [6, 6.07) is 2.17. The lowest BCUT2D eigenvalue weighted by atomic mass is 10.1. The summed E-state index contributed by atoms with van der Waals surface area (Å²) in [5.74, 6) is -0.723. The average Bonchev–Trinajstić information content (AvgIpc) is 2.43. The van der Waals surface area contributed by atoms with E-state index in [2.05, 4.69) is 10.6 Å². The van der Waals surface area contributed by atoms with Crippen molar-refractivity contribution in [1.29, 1.82) is 0 Å². The van der Waals surface area contributed by atoms with Crippen molar-refractivity contribution in [1.82, 2.24) is 10.6 Å². The zero-order valence-electron chi connectivity index (χ0n) is 11.6. The van der Waals surface area contributed by atoms with Crippen LogP contribution in [0.15, 0.2) is 12.1 Å². The van der Waals surface area contributed by atoms with Gasteiger partial charge >= 0.3 is 0 Å². The van der Waals surface area contributed by atoms with Crippen LogP contribution in [0, 0.1) is 5.82 Å². The summed E-state index contributed by atoms with van der Waals surface area (Å²) >= 11 is 11.7. The van der Waals surface area contributed by atoms with E-state index in [0.717, 1.165) is 6.54 Å². The minimum Gasteiger partial charge on any atom is -0.375 e. The Kier molecular flexibility index (Phi) is 5.81. The number of halogens is 3. The summed E-state index contributed by atoms with van der Waals surface area (Å²) in [6.45, 7) is 3.79. The van der Waals surface area contributed by atoms with E-state index in [0.29, 0.717) is 23.7 Å². The van der Waals surface area contributed by atoms with Gasteiger partial charge in [-0.1, -0.05) is 23.2 Å². The highest BCUT2D eigenvalue weighted by atomic mass is 35.5. The number of hydrogen-bond donors (Lipinski definition) is 2. The smallest absolute Gasteiger partial charge is 0.223 e. The molecule has 0 saturated carbocycles. The fourth-order valence-electron chi connectivity index (χ4n) is 2.21. The van der Waals surface area contributed by atoms with E-state index < -0.39 is 11.9 Å². The molecular formula is C14H17Cl2FN2O2. The van der Waals surface area contributed by atoms with Crippen LogP contribution >= 0.6 is 23.2 Å². The van der Waals surface area contributed by atoms with Crippen molar-refractivity contribution < 1.29 is 13.9 Å². The van der Waals surface area contributed by atoms with Gasteiger partial charge in [0, 0.05) is 18.1 Å². The molecule has 1 heterocycles. The molecule has 0 radical (unpaired) electrons. The zero-order valence-corrected chi connectivity index (χ0v) is 13.1. The van der Waals surface area contributed by atoms with E-state index in [1.807, 2.05) is 0 Å². The van der Waals surface area contributed by atoms with Crippen molar-refractivity contribution >= 4 is 29.1 Å². The van der Waals surface area contributed by atoms with Crippen LogP contribution in [-0.4, -0.2) is 31.7 Å². The first-order valence-electron chi connectivity index (χ1n) is 6.73. The second-order valence-corrected chi connectivity index (χ2v) is 5.79. The van der Waals surface area contributed by atoms with Crippen molar-refractivity contribution in [3.63, 3.8) is 0 Å². The van der Waals surface area contributed by atoms with Gasteiger partial charge in [0.2, 0.25) is 5.91 Å². The van der Waals surface area contributed by atoms with Gasteiger partial charge in [-0.2, -0.15) is 0 Å². The molecule has 1 aliphatic rings. The van der Waals surface area contributed by atoms with E-state index in [1.165, 1.54) is 12.1 Å². The number of nitrogens with one attached hydrogen (secondary N) is 2. The van der Waals surface area contributed by atoms with E-state index in [1.54, 1.807) is 6.92 Å². The van der Waals surface area contributed by atoms with E-state index in [9.17, 15) is 9.18 Å². The van der Waals surface area contributed by atoms with Crippen molar-refractivity contribution in [2.75, 3.05) is 19.7 Å². The summed E-state index contributed by atoms with van der Waals surface area (Å²) in [5.41, 5.74) is 0.495. The van der Waals surface area contributed by atoms with E-state index in [4.69, 9.17) is 27.9 Å². The largest absolute Gasteiger partial charge is 0.375 e. The van der Waals surface area contributed by atoms with Crippen molar-refractivity contribution in [3.05, 3.63) is 33.6 Å². The second kappa shape index (κ2) is 7.40. The highest BCUT2D eigenvalue weighted by Gasteiger charge is 2.20. The van der Waals surface area contributed by atoms with Crippen molar-refractivity contribution in [2.24, 2.45) is 0 Å². The average molecular weight is 335 g/mol. The standard InChI is InChI=1S/C14H17Cl2FN2O2/c1-8(10-5-13(17)12(16)6-11(10)15)19-14(20)4-9-7-18-2-3-21-9/h5-6,8-9,18H,2-4,7H2,1H3,(H,19,20)/t8-,9-/m1/s1. The molecule has 1 aromatic rings. The maximum atomic E-state index is 13.5. The Morgan fingerprint density at radius 3 is 2.95 bits per heavy atom. The first kappa shape index (κ1) is 16.5. The third-order valence-corrected chi connectivity index (χ3v) is 3.92. The van der Waals surface area contributed by atoms with Gasteiger partial charge < -0.3 is 15.4 Å². The number of carbonyl (C=O) groups excluding carboxylic acids is 1. The molecule has 2 rings (SSSR count). The predicted octanol–water partition coefficient (Wildman–Crippen LogP) is 2.69. The normalized spacial score (nSPS) is 20.1. The molecule has 1 fully saturated rings. The highest BCUT2D eigenvalue weighted by Crippen LogP contribution is 2.28. The monoisotopic (exact) mass is 334 g/mol. The molecule has 1 aliphatic heterocycles. The number of benzene rings is 1. The molecule has 0 spiro atoms. The third kappa shape index (κ3) is 4.54. The Hall–Kier alpha value is -0.880. The predicted molar refractivity (Wildman–Crippen MR) is 80.2 cm³/mol. The highest BCUT2D eigenvalue weighted by molar-refractivity contribution is 6.35. The van der Waals surface area contributed by atoms with Crippen LogP contribution in [0.1, 0.15) is 24.9 Å². The van der Waals surface area contributed by atoms with Crippen molar-refractivity contribution in [3.8, 4) is 0 Å². The van der Waals surface area contributed by atoms with Gasteiger partial charge in [0.05, 0.1) is 30.2 Å². The van der Waals surface area contributed by atoms with Gasteiger partial charge in [0.15, 0.2) is 0 Å². The maximum absolute atomic E-state index is 13.5. The Morgan fingerprint density at radius 1 is 1.52 bits per heavy atom. The number of hydrogen-bond acceptors (Lipinski definition) is 3. The van der Waals surface area contributed by atoms with Gasteiger partial charge in [0.25, 0.3) is 0 Å². The van der Waals surface area contributed by atoms with Crippen LogP contribution < -0.4 is 10.6 Å². The first-order valence-corrected chi connectivity index (χ1v) is 7.49. The van der Waals surface area contributed by atoms with Crippen LogP contribution in [-0.2, 0) is 9.53 Å². The van der Waals surface area contributed by atoms with Crippen LogP contribution in [0.4, 0.5) is 4.39 Å². The molecule has 116 valence electrons. The van der Waals surface area contributed by atoms with Gasteiger partial charge in [0.1, 0.15) is 5.82 Å². The minimum absolute atomic E-state index is 0.0380. The Labute approximate surface area is 132 Å². The summed E-state index contributed by atoms with van der Waals surface area (Å²) in [7, 11) is 0. The van der Waals surface area contributed by atoms with Gasteiger partial charge in [-0.05, 0) is 24.6 Å². The molecule has 0 aliphatic carbocycles. The van der Waals surface area contributed by atoms with Crippen LogP contribution in [0.5, 0.6) is 0 Å². The van der Waals surface area contributed by atoms with Gasteiger partial charge in [-0.3, -0.25) is 4.79 Å². The van der Waals surface area contributed by atoms with E-state index >= 15 is 0 Å². The molecular weight excluding hydrogens is 318 g/mol. The van der Waals surface area contributed by atoms with Crippen molar-refractivity contribution in [2.45, 2.75) is 25.5 Å². The molecule has 0 aromatic heterocycles. The van der Waals surface area contributed by atoms with E-state index in [-0.39, 0.29) is 23.5 Å². The van der Waals surface area contributed by atoms with Crippen LogP contribution in [0.2, 0.25) is 10.0 Å². The molecule has 0 unspecified atom stereocenters. The zero-order chi connectivity index (χ0) is 15.4. The molecule has 1 aromatic carbocycles. The summed E-state index contributed by atoms with van der Waals surface area (Å²) in [5, 5.41) is 6.23. The molecule has 7 heteroatoms. The first-order chi connectivity index (χ1) is 9.97. The van der Waals surface area contributed by atoms with Crippen LogP contribution in [0.3, 0.4) is 0 Å². The fraction of sp³-hybridized carbons (Fsp3) is 0.500. The minimum atomic E-state index is -0.558. The topological polar surface area (TPSA) is 50.4 Å². The Balaban J connectivity index is 1.95. The molecule has 2 N–H and O–H groups in total. The maximum Gasteiger partial charge on any atom is 0.223 e. The lowest BCUT2D eigenvalue weighted by Gasteiger charge is -2.24. The molecule has 4 nitrogen and oxygen atoms in total. The van der Waals surface area contributed by atoms with Gasteiger partial charge in [-0.15, -0.1) is 0 Å². The second-order valence-electron chi connectivity index (χ2n) is 4.98. The molecule has 2 atom stereocenters. The molecule has 1 saturated heterocycles. The molecule has 0 bridgehead atoms. The number of morpholine rings is 1. The fourth-order valence-corrected chi connectivity index (χ4v) is 2.75. The quantitative estimate of drug-likeness (QED) is 0.832. The summed E-state index contributed by atoms with van der Waals surface area (Å²) in [6.07, 6.45) is 0.119. The lowest BCUT2D eigenvalue weighted by molar-refractivity contribution is -0.125. The Morgan fingerprint density at radius 2 is 2.29 bits per heavy atom. The molecule has 1 amide bonds. The number of carbonyl (C=O) groups is 1. The molecule has 21 heavy (non-hydrogen) atoms. The lowest BCUT2D eigenvalue weighted by Crippen LogP contribution is -2.41. The number of amides is 1. The SMILES string of the molecule is C[C@@H](NC(=O)C[C@@H]1CNCCO1)c1cc(F)c(Cl)cc1Cl. The summed E-state index contributed by atoms with van der Waals surface area (Å²) < 4.78 is 19.0. The third-order valence-electron chi connectivity index (χ3n) is 3.30. The number of rotatable bonds is 4. The van der Waals surface area contributed by atoms with Crippen LogP contribution in [0.25, 0.3) is 0 Å². The van der Waals surface area contributed by atoms with Gasteiger partial charge in [-0.25, -0.2) is 4.39 Å². The number of ether oxygens (including phenoxy) is 1. The summed E-state index contributed by atoms with van der Waals surface area (Å²) in [4.78, 5) is 12.0.